The highest BCUT2D eigenvalue weighted by molar-refractivity contribution is 7.14. The van der Waals surface area contributed by atoms with Gasteiger partial charge >= 0.3 is 0 Å². The van der Waals surface area contributed by atoms with E-state index in [0.29, 0.717) is 5.69 Å². The quantitative estimate of drug-likeness (QED) is 0.836. The van der Waals surface area contributed by atoms with Crippen LogP contribution in [0.5, 0.6) is 0 Å². The van der Waals surface area contributed by atoms with Crippen LogP contribution in [0.1, 0.15) is 30.3 Å². The predicted molar refractivity (Wildman–Crippen MR) is 77.3 cm³/mol. The maximum Gasteiger partial charge on any atom is 0.273 e. The number of amides is 1. The molecule has 0 saturated heterocycles. The Morgan fingerprint density at radius 1 is 1.44 bits per heavy atom. The molecule has 0 aromatic carbocycles. The molecular formula is C13H16N2OS2. The zero-order valence-electron chi connectivity index (χ0n) is 10.5. The van der Waals surface area contributed by atoms with Gasteiger partial charge in [0, 0.05) is 29.9 Å². The fourth-order valence-corrected chi connectivity index (χ4v) is 3.09. The Bertz CT molecular complexity index is 505. The largest absolute Gasteiger partial charge is 0.340 e. The molecule has 0 aliphatic carbocycles. The fraction of sp³-hybridized carbons (Fsp3) is 0.385. The average Bonchev–Trinajstić information content (AvgIpc) is 3.04. The van der Waals surface area contributed by atoms with Crippen LogP contribution in [0.4, 0.5) is 0 Å². The SMILES string of the molecule is CCCCN(C)C(=O)c1csc(-c2ccsc2)n1. The topological polar surface area (TPSA) is 33.2 Å². The van der Waals surface area contributed by atoms with Crippen molar-refractivity contribution in [1.82, 2.24) is 9.88 Å². The Balaban J connectivity index is 2.08. The van der Waals surface area contributed by atoms with Gasteiger partial charge in [-0.3, -0.25) is 4.79 Å². The van der Waals surface area contributed by atoms with Gasteiger partial charge in [0.05, 0.1) is 0 Å². The molecule has 0 bridgehead atoms. The molecule has 0 saturated carbocycles. The summed E-state index contributed by atoms with van der Waals surface area (Å²) in [4.78, 5) is 18.3. The number of hydrogen-bond donors (Lipinski definition) is 0. The molecule has 0 radical (unpaired) electrons. The van der Waals surface area contributed by atoms with Crippen molar-refractivity contribution in [2.45, 2.75) is 19.8 Å². The lowest BCUT2D eigenvalue weighted by molar-refractivity contribution is 0.0788. The minimum atomic E-state index is 0.0150. The Hall–Kier alpha value is -1.20. The minimum absolute atomic E-state index is 0.0150. The lowest BCUT2D eigenvalue weighted by Crippen LogP contribution is -2.27. The van der Waals surface area contributed by atoms with Gasteiger partial charge in [-0.1, -0.05) is 13.3 Å². The number of nitrogens with zero attached hydrogens (tertiary/aromatic N) is 2. The van der Waals surface area contributed by atoms with Crippen molar-refractivity contribution in [3.05, 3.63) is 27.9 Å². The zero-order chi connectivity index (χ0) is 13.0. The number of aromatic nitrogens is 1. The summed E-state index contributed by atoms with van der Waals surface area (Å²) in [6.07, 6.45) is 2.12. The van der Waals surface area contributed by atoms with Gasteiger partial charge in [-0.25, -0.2) is 4.98 Å². The van der Waals surface area contributed by atoms with E-state index >= 15 is 0 Å². The third-order valence-corrected chi connectivity index (χ3v) is 4.26. The summed E-state index contributed by atoms with van der Waals surface area (Å²) in [5.74, 6) is 0.0150. The van der Waals surface area contributed by atoms with Gasteiger partial charge in [0.15, 0.2) is 0 Å². The number of carbonyl (C=O) groups is 1. The Kier molecular flexibility index (Phi) is 4.49. The van der Waals surface area contributed by atoms with Gasteiger partial charge in [0.2, 0.25) is 0 Å². The fourth-order valence-electron chi connectivity index (χ4n) is 1.58. The molecule has 5 heteroatoms. The molecule has 0 aliphatic rings. The van der Waals surface area contributed by atoms with Crippen molar-refractivity contribution in [2.24, 2.45) is 0 Å². The van der Waals surface area contributed by atoms with Crippen LogP contribution in [0.3, 0.4) is 0 Å². The smallest absolute Gasteiger partial charge is 0.273 e. The van der Waals surface area contributed by atoms with Gasteiger partial charge < -0.3 is 4.90 Å². The first-order valence-electron chi connectivity index (χ1n) is 5.96. The van der Waals surface area contributed by atoms with E-state index in [2.05, 4.69) is 11.9 Å². The summed E-state index contributed by atoms with van der Waals surface area (Å²) in [5, 5.41) is 6.83. The van der Waals surface area contributed by atoms with Crippen LogP contribution in [0.25, 0.3) is 10.6 Å². The molecular weight excluding hydrogens is 264 g/mol. The highest BCUT2D eigenvalue weighted by atomic mass is 32.1. The van der Waals surface area contributed by atoms with Crippen molar-refractivity contribution >= 4 is 28.6 Å². The van der Waals surface area contributed by atoms with Crippen LogP contribution in [-0.4, -0.2) is 29.4 Å². The van der Waals surface area contributed by atoms with Gasteiger partial charge in [-0.05, 0) is 17.9 Å². The van der Waals surface area contributed by atoms with E-state index in [-0.39, 0.29) is 5.91 Å². The van der Waals surface area contributed by atoms with Gasteiger partial charge in [-0.15, -0.1) is 11.3 Å². The lowest BCUT2D eigenvalue weighted by atomic mass is 10.3. The maximum atomic E-state index is 12.1. The first kappa shape index (κ1) is 13.2. The van der Waals surface area contributed by atoms with E-state index in [1.165, 1.54) is 11.3 Å². The number of thiazole rings is 1. The number of unbranched alkanes of at least 4 members (excludes halogenated alkanes) is 1. The second kappa shape index (κ2) is 6.11. The molecule has 96 valence electrons. The van der Waals surface area contributed by atoms with Gasteiger partial charge in [-0.2, -0.15) is 11.3 Å². The van der Waals surface area contributed by atoms with Gasteiger partial charge in [0.1, 0.15) is 10.7 Å². The van der Waals surface area contributed by atoms with E-state index in [1.807, 2.05) is 29.3 Å². The molecule has 0 aliphatic heterocycles. The Labute approximate surface area is 115 Å². The van der Waals surface area contributed by atoms with Crippen molar-refractivity contribution < 1.29 is 4.79 Å². The molecule has 0 unspecified atom stereocenters. The molecule has 18 heavy (non-hydrogen) atoms. The highest BCUT2D eigenvalue weighted by Gasteiger charge is 2.15. The standard InChI is InChI=1S/C13H16N2OS2/c1-3-4-6-15(2)13(16)11-9-18-12(14-11)10-5-7-17-8-10/h5,7-9H,3-4,6H2,1-2H3. The van der Waals surface area contributed by atoms with Crippen molar-refractivity contribution in [1.29, 1.82) is 0 Å². The summed E-state index contributed by atoms with van der Waals surface area (Å²) in [5.41, 5.74) is 1.65. The monoisotopic (exact) mass is 280 g/mol. The normalized spacial score (nSPS) is 10.6. The molecule has 2 aromatic heterocycles. The Morgan fingerprint density at radius 3 is 2.94 bits per heavy atom. The van der Waals surface area contributed by atoms with Crippen LogP contribution in [0.15, 0.2) is 22.2 Å². The van der Waals surface area contributed by atoms with Crippen molar-refractivity contribution in [3.8, 4) is 10.6 Å². The van der Waals surface area contributed by atoms with E-state index in [0.717, 1.165) is 30.0 Å². The molecule has 2 rings (SSSR count). The highest BCUT2D eigenvalue weighted by Crippen LogP contribution is 2.26. The molecule has 0 fully saturated rings. The van der Waals surface area contributed by atoms with Crippen LogP contribution in [0, 0.1) is 0 Å². The van der Waals surface area contributed by atoms with E-state index in [1.54, 1.807) is 16.2 Å². The average molecular weight is 280 g/mol. The molecule has 0 spiro atoms. The van der Waals surface area contributed by atoms with Crippen LogP contribution in [0.2, 0.25) is 0 Å². The molecule has 0 atom stereocenters. The summed E-state index contributed by atoms with van der Waals surface area (Å²) >= 11 is 3.17. The summed E-state index contributed by atoms with van der Waals surface area (Å²) < 4.78 is 0. The molecule has 1 amide bonds. The van der Waals surface area contributed by atoms with Crippen LogP contribution in [-0.2, 0) is 0 Å². The zero-order valence-corrected chi connectivity index (χ0v) is 12.2. The second-order valence-corrected chi connectivity index (χ2v) is 5.77. The summed E-state index contributed by atoms with van der Waals surface area (Å²) in [7, 11) is 1.83. The molecule has 0 N–H and O–H groups in total. The number of rotatable bonds is 5. The minimum Gasteiger partial charge on any atom is -0.340 e. The van der Waals surface area contributed by atoms with E-state index in [4.69, 9.17) is 0 Å². The molecule has 2 aromatic rings. The molecule has 3 nitrogen and oxygen atoms in total. The first-order valence-corrected chi connectivity index (χ1v) is 7.78. The number of thiophene rings is 1. The first-order chi connectivity index (χ1) is 8.72. The van der Waals surface area contributed by atoms with E-state index in [9.17, 15) is 4.79 Å². The Morgan fingerprint density at radius 2 is 2.28 bits per heavy atom. The predicted octanol–water partition coefficient (Wildman–Crippen LogP) is 3.74. The summed E-state index contributed by atoms with van der Waals surface area (Å²) in [6.45, 7) is 2.91. The number of carbonyl (C=O) groups excluding carboxylic acids is 1. The van der Waals surface area contributed by atoms with Gasteiger partial charge in [0.25, 0.3) is 5.91 Å². The third kappa shape index (κ3) is 2.97. The van der Waals surface area contributed by atoms with Crippen molar-refractivity contribution in [2.75, 3.05) is 13.6 Å². The van der Waals surface area contributed by atoms with E-state index < -0.39 is 0 Å². The number of hydrogen-bond acceptors (Lipinski definition) is 4. The van der Waals surface area contributed by atoms with Crippen LogP contribution >= 0.6 is 22.7 Å². The lowest BCUT2D eigenvalue weighted by Gasteiger charge is -2.14. The maximum absolute atomic E-state index is 12.1. The molecule has 2 heterocycles. The van der Waals surface area contributed by atoms with Crippen molar-refractivity contribution in [3.63, 3.8) is 0 Å². The second-order valence-electron chi connectivity index (χ2n) is 4.13. The third-order valence-electron chi connectivity index (χ3n) is 2.69. The summed E-state index contributed by atoms with van der Waals surface area (Å²) in [6, 6.07) is 2.03. The van der Waals surface area contributed by atoms with Crippen LogP contribution < -0.4 is 0 Å².